The van der Waals surface area contributed by atoms with Gasteiger partial charge in [0.25, 0.3) is 0 Å². The molecular weight excluding hydrogens is 180 g/mol. The molecule has 2 atom stereocenters. The van der Waals surface area contributed by atoms with Crippen molar-refractivity contribution in [1.82, 2.24) is 0 Å². The average molecular weight is 202 g/mol. The smallest absolute Gasteiger partial charge is 0.0900 e. The summed E-state index contributed by atoms with van der Waals surface area (Å²) >= 11 is 2.08. The topological polar surface area (TPSA) is 12.5 Å². The average Bonchev–Trinajstić information content (AvgIpc) is 2.94. The minimum atomic E-state index is 0.605. The zero-order valence-corrected chi connectivity index (χ0v) is 9.74. The number of rotatable bonds is 8. The summed E-state index contributed by atoms with van der Waals surface area (Å²) in [7, 11) is 0. The lowest BCUT2D eigenvalue weighted by Crippen LogP contribution is -2.04. The lowest BCUT2D eigenvalue weighted by Gasteiger charge is -2.12. The van der Waals surface area contributed by atoms with E-state index in [1.165, 1.54) is 37.2 Å². The summed E-state index contributed by atoms with van der Waals surface area (Å²) in [4.78, 5) is 0. The lowest BCUT2D eigenvalue weighted by atomic mass is 10.0. The Morgan fingerprint density at radius 1 is 1.46 bits per heavy atom. The Balaban J connectivity index is 1.93. The van der Waals surface area contributed by atoms with Crippen LogP contribution in [0.25, 0.3) is 0 Å². The van der Waals surface area contributed by atoms with Crippen molar-refractivity contribution in [2.24, 2.45) is 5.92 Å². The molecule has 0 N–H and O–H groups in total. The zero-order valence-electron chi connectivity index (χ0n) is 8.92. The molecule has 1 rings (SSSR count). The predicted molar refractivity (Wildman–Crippen MR) is 60.4 cm³/mol. The molecule has 0 bridgehead atoms. The van der Waals surface area contributed by atoms with Crippen LogP contribution >= 0.6 is 11.8 Å². The van der Waals surface area contributed by atoms with Crippen molar-refractivity contribution in [2.45, 2.75) is 45.6 Å². The molecule has 0 aromatic rings. The van der Waals surface area contributed by atoms with Gasteiger partial charge in [-0.1, -0.05) is 33.1 Å². The summed E-state index contributed by atoms with van der Waals surface area (Å²) in [6.45, 7) is 5.60. The predicted octanol–water partition coefficient (Wildman–Crippen LogP) is 3.33. The molecule has 0 radical (unpaired) electrons. The van der Waals surface area contributed by atoms with Crippen LogP contribution in [0.15, 0.2) is 0 Å². The number of hydrogen-bond donors (Lipinski definition) is 0. The van der Waals surface area contributed by atoms with E-state index in [1.807, 2.05) is 0 Å². The maximum atomic E-state index is 5.18. The van der Waals surface area contributed by atoms with Gasteiger partial charge in [-0.15, -0.1) is 0 Å². The maximum Gasteiger partial charge on any atom is 0.0900 e. The van der Waals surface area contributed by atoms with E-state index in [1.54, 1.807) is 0 Å². The van der Waals surface area contributed by atoms with E-state index < -0.39 is 0 Å². The summed E-state index contributed by atoms with van der Waals surface area (Å²) in [6, 6.07) is 0. The van der Waals surface area contributed by atoms with Crippen LogP contribution in [0.2, 0.25) is 0 Å². The molecule has 0 aliphatic carbocycles. The molecule has 0 spiro atoms. The Bertz CT molecular complexity index is 123. The van der Waals surface area contributed by atoms with Crippen LogP contribution in [0.3, 0.4) is 0 Å². The summed E-state index contributed by atoms with van der Waals surface area (Å²) in [5.74, 6) is 3.52. The number of ether oxygens (including phenoxy) is 1. The van der Waals surface area contributed by atoms with Gasteiger partial charge in [0.05, 0.1) is 12.7 Å². The van der Waals surface area contributed by atoms with Crippen molar-refractivity contribution in [2.75, 3.05) is 18.1 Å². The van der Waals surface area contributed by atoms with Crippen molar-refractivity contribution < 1.29 is 4.74 Å². The lowest BCUT2D eigenvalue weighted by molar-refractivity contribution is 0.425. The molecule has 13 heavy (non-hydrogen) atoms. The molecule has 1 aliphatic heterocycles. The van der Waals surface area contributed by atoms with E-state index in [0.717, 1.165) is 12.5 Å². The zero-order chi connectivity index (χ0) is 9.52. The van der Waals surface area contributed by atoms with Gasteiger partial charge in [0.2, 0.25) is 0 Å². The second kappa shape index (κ2) is 6.72. The fourth-order valence-electron chi connectivity index (χ4n) is 1.43. The minimum Gasteiger partial charge on any atom is -0.372 e. The first-order chi connectivity index (χ1) is 6.36. The molecule has 1 saturated heterocycles. The highest BCUT2D eigenvalue weighted by Crippen LogP contribution is 2.22. The van der Waals surface area contributed by atoms with E-state index in [4.69, 9.17) is 4.74 Å². The van der Waals surface area contributed by atoms with E-state index in [-0.39, 0.29) is 0 Å². The van der Waals surface area contributed by atoms with Crippen LogP contribution in [0, 0.1) is 5.92 Å². The third-order valence-electron chi connectivity index (χ3n) is 2.60. The van der Waals surface area contributed by atoms with Crippen molar-refractivity contribution in [1.29, 1.82) is 0 Å². The van der Waals surface area contributed by atoms with Gasteiger partial charge in [-0.25, -0.2) is 0 Å². The van der Waals surface area contributed by atoms with E-state index >= 15 is 0 Å². The molecule has 78 valence electrons. The highest BCUT2D eigenvalue weighted by Gasteiger charge is 2.22. The van der Waals surface area contributed by atoms with Crippen LogP contribution in [0.5, 0.6) is 0 Å². The van der Waals surface area contributed by atoms with Crippen molar-refractivity contribution in [3.8, 4) is 0 Å². The normalized spacial score (nSPS) is 23.1. The van der Waals surface area contributed by atoms with Crippen molar-refractivity contribution in [3.63, 3.8) is 0 Å². The fourth-order valence-corrected chi connectivity index (χ4v) is 2.76. The molecular formula is C11H22OS. The molecule has 0 aromatic carbocycles. The first-order valence-corrected chi connectivity index (χ1v) is 6.71. The molecule has 0 saturated carbocycles. The molecule has 1 heterocycles. The molecule has 0 aromatic heterocycles. The molecule has 1 fully saturated rings. The van der Waals surface area contributed by atoms with Gasteiger partial charge < -0.3 is 4.74 Å². The Morgan fingerprint density at radius 3 is 2.77 bits per heavy atom. The Hall–Kier alpha value is 0.310. The van der Waals surface area contributed by atoms with Gasteiger partial charge in [-0.05, 0) is 18.1 Å². The third kappa shape index (κ3) is 5.58. The van der Waals surface area contributed by atoms with Crippen molar-refractivity contribution in [3.05, 3.63) is 0 Å². The summed E-state index contributed by atoms with van der Waals surface area (Å²) in [5.41, 5.74) is 0. The number of unbranched alkanes of at least 4 members (excludes halogenated alkanes) is 1. The Kier molecular flexibility index (Phi) is 5.88. The minimum absolute atomic E-state index is 0.605. The van der Waals surface area contributed by atoms with Crippen molar-refractivity contribution >= 4 is 11.8 Å². The van der Waals surface area contributed by atoms with Crippen LogP contribution < -0.4 is 0 Å². The first-order valence-electron chi connectivity index (χ1n) is 5.56. The fraction of sp³-hybridized carbons (Fsp3) is 1.00. The first kappa shape index (κ1) is 11.4. The Labute approximate surface area is 86.6 Å². The van der Waals surface area contributed by atoms with E-state index in [9.17, 15) is 0 Å². The highest BCUT2D eigenvalue weighted by molar-refractivity contribution is 7.99. The summed E-state index contributed by atoms with van der Waals surface area (Å²) in [5, 5.41) is 0. The van der Waals surface area contributed by atoms with Crippen LogP contribution in [-0.4, -0.2) is 24.2 Å². The van der Waals surface area contributed by atoms with Crippen LogP contribution in [0.4, 0.5) is 0 Å². The van der Waals surface area contributed by atoms with Gasteiger partial charge in [0.1, 0.15) is 0 Å². The van der Waals surface area contributed by atoms with E-state index in [2.05, 4.69) is 25.6 Å². The number of thioether (sulfide) groups is 1. The van der Waals surface area contributed by atoms with Crippen LogP contribution in [0.1, 0.15) is 39.5 Å². The van der Waals surface area contributed by atoms with Gasteiger partial charge in [0, 0.05) is 5.75 Å². The van der Waals surface area contributed by atoms with Gasteiger partial charge in [-0.3, -0.25) is 0 Å². The van der Waals surface area contributed by atoms with Gasteiger partial charge in [-0.2, -0.15) is 11.8 Å². The summed E-state index contributed by atoms with van der Waals surface area (Å²) < 4.78 is 5.18. The Morgan fingerprint density at radius 2 is 2.23 bits per heavy atom. The van der Waals surface area contributed by atoms with E-state index in [0.29, 0.717) is 6.10 Å². The highest BCUT2D eigenvalue weighted by atomic mass is 32.2. The SMILES string of the molecule is CCCCC(CC)CSCC1CO1. The number of epoxide rings is 1. The molecule has 2 unspecified atom stereocenters. The quantitative estimate of drug-likeness (QED) is 0.560. The molecule has 1 aliphatic rings. The standard InChI is InChI=1S/C11H22OS/c1-3-5-6-10(4-2)8-13-9-11-7-12-11/h10-11H,3-9H2,1-2H3. The largest absolute Gasteiger partial charge is 0.372 e. The summed E-state index contributed by atoms with van der Waals surface area (Å²) in [6.07, 6.45) is 6.12. The number of hydrogen-bond acceptors (Lipinski definition) is 2. The third-order valence-corrected chi connectivity index (χ3v) is 3.92. The van der Waals surface area contributed by atoms with Crippen LogP contribution in [-0.2, 0) is 4.74 Å². The maximum absolute atomic E-state index is 5.18. The molecule has 0 amide bonds. The second-order valence-corrected chi connectivity index (χ2v) is 4.98. The molecule has 2 heteroatoms. The van der Waals surface area contributed by atoms with Gasteiger partial charge in [0.15, 0.2) is 0 Å². The van der Waals surface area contributed by atoms with Gasteiger partial charge >= 0.3 is 0 Å². The monoisotopic (exact) mass is 202 g/mol. The second-order valence-electron chi connectivity index (χ2n) is 3.91. The molecule has 1 nitrogen and oxygen atoms in total.